The first kappa shape index (κ1) is 15.1. The van der Waals surface area contributed by atoms with Gasteiger partial charge in [0.05, 0.1) is 5.92 Å². The lowest BCUT2D eigenvalue weighted by Gasteiger charge is -2.33. The van der Waals surface area contributed by atoms with Gasteiger partial charge in [-0.25, -0.2) is 0 Å². The minimum Gasteiger partial charge on any atom is -0.339 e. The Balaban J connectivity index is 1.58. The molecule has 0 aromatic rings. The van der Waals surface area contributed by atoms with Crippen LogP contribution in [0.4, 0.5) is 13.2 Å². The standard InChI is InChI=1S/C15H23F3N2O/c1-9-13-7-19-6-11(13)8-20(9)14(21)10-2-4-12(5-3-10)15(16,17)18/h9-13,19H,2-8H2,1H3. The van der Waals surface area contributed by atoms with E-state index in [9.17, 15) is 18.0 Å². The second kappa shape index (κ2) is 5.45. The van der Waals surface area contributed by atoms with Crippen LogP contribution in [0.1, 0.15) is 32.6 Å². The summed E-state index contributed by atoms with van der Waals surface area (Å²) in [4.78, 5) is 14.6. The van der Waals surface area contributed by atoms with E-state index < -0.39 is 12.1 Å². The molecule has 0 aromatic heterocycles. The van der Waals surface area contributed by atoms with E-state index in [2.05, 4.69) is 12.2 Å². The van der Waals surface area contributed by atoms with Crippen LogP contribution >= 0.6 is 0 Å². The third-order valence-electron chi connectivity index (χ3n) is 5.76. The fraction of sp³-hybridized carbons (Fsp3) is 0.933. The first-order valence-corrected chi connectivity index (χ1v) is 7.96. The molecule has 0 bridgehead atoms. The minimum atomic E-state index is -4.10. The van der Waals surface area contributed by atoms with Crippen molar-refractivity contribution in [2.45, 2.75) is 44.8 Å². The van der Waals surface area contributed by atoms with Gasteiger partial charge in [0.1, 0.15) is 0 Å². The van der Waals surface area contributed by atoms with Crippen molar-refractivity contribution in [3.05, 3.63) is 0 Å². The molecular weight excluding hydrogens is 281 g/mol. The second-order valence-electron chi connectivity index (χ2n) is 6.90. The number of hydrogen-bond donors (Lipinski definition) is 1. The first-order valence-electron chi connectivity index (χ1n) is 7.96. The average molecular weight is 304 g/mol. The van der Waals surface area contributed by atoms with Crippen molar-refractivity contribution in [1.29, 1.82) is 0 Å². The van der Waals surface area contributed by atoms with Crippen LogP contribution in [0.15, 0.2) is 0 Å². The van der Waals surface area contributed by atoms with Gasteiger partial charge in [-0.15, -0.1) is 0 Å². The maximum Gasteiger partial charge on any atom is 0.391 e. The zero-order chi connectivity index (χ0) is 15.2. The van der Waals surface area contributed by atoms with Crippen LogP contribution in [0.3, 0.4) is 0 Å². The maximum absolute atomic E-state index is 12.7. The second-order valence-corrected chi connectivity index (χ2v) is 6.90. The minimum absolute atomic E-state index is 0.0949. The van der Waals surface area contributed by atoms with Gasteiger partial charge in [-0.05, 0) is 44.4 Å². The third kappa shape index (κ3) is 2.79. The van der Waals surface area contributed by atoms with Gasteiger partial charge in [-0.1, -0.05) is 0 Å². The smallest absolute Gasteiger partial charge is 0.339 e. The molecule has 3 atom stereocenters. The molecule has 3 rings (SSSR count). The molecule has 0 spiro atoms. The lowest BCUT2D eigenvalue weighted by atomic mass is 9.81. The zero-order valence-electron chi connectivity index (χ0n) is 12.3. The number of carbonyl (C=O) groups excluding carboxylic acids is 1. The number of nitrogens with one attached hydrogen (secondary N) is 1. The highest BCUT2D eigenvalue weighted by Crippen LogP contribution is 2.41. The Morgan fingerprint density at radius 2 is 1.81 bits per heavy atom. The first-order chi connectivity index (χ1) is 9.88. The molecule has 1 amide bonds. The number of likely N-dealkylation sites (tertiary alicyclic amines) is 1. The number of hydrogen-bond acceptors (Lipinski definition) is 2. The van der Waals surface area contributed by atoms with E-state index in [4.69, 9.17) is 0 Å². The molecule has 1 saturated carbocycles. The predicted octanol–water partition coefficient (Wildman–Crippen LogP) is 2.42. The summed E-state index contributed by atoms with van der Waals surface area (Å²) in [6.07, 6.45) is -3.11. The van der Waals surface area contributed by atoms with Gasteiger partial charge in [0, 0.05) is 31.6 Å². The van der Waals surface area contributed by atoms with E-state index >= 15 is 0 Å². The predicted molar refractivity (Wildman–Crippen MR) is 72.5 cm³/mol. The van der Waals surface area contributed by atoms with Gasteiger partial charge in [-0.3, -0.25) is 4.79 Å². The Morgan fingerprint density at radius 1 is 1.14 bits per heavy atom. The Kier molecular flexibility index (Phi) is 3.93. The molecule has 3 unspecified atom stereocenters. The van der Waals surface area contributed by atoms with Crippen LogP contribution in [0.25, 0.3) is 0 Å². The number of alkyl halides is 3. The zero-order valence-corrected chi connectivity index (χ0v) is 12.3. The third-order valence-corrected chi connectivity index (χ3v) is 5.76. The van der Waals surface area contributed by atoms with Crippen molar-refractivity contribution in [1.82, 2.24) is 10.2 Å². The van der Waals surface area contributed by atoms with Crippen LogP contribution < -0.4 is 5.32 Å². The normalized spacial score (nSPS) is 40.4. The molecule has 1 N–H and O–H groups in total. The van der Waals surface area contributed by atoms with Crippen LogP contribution in [0.5, 0.6) is 0 Å². The number of rotatable bonds is 1. The van der Waals surface area contributed by atoms with Crippen molar-refractivity contribution >= 4 is 5.91 Å². The summed E-state index contributed by atoms with van der Waals surface area (Å²) in [5.41, 5.74) is 0. The highest BCUT2D eigenvalue weighted by Gasteiger charge is 2.47. The summed E-state index contributed by atoms with van der Waals surface area (Å²) >= 11 is 0. The van der Waals surface area contributed by atoms with E-state index in [0.717, 1.165) is 19.6 Å². The number of fused-ring (bicyclic) bond motifs is 1. The van der Waals surface area contributed by atoms with Crippen LogP contribution in [-0.4, -0.2) is 42.7 Å². The summed E-state index contributed by atoms with van der Waals surface area (Å²) in [7, 11) is 0. The molecule has 21 heavy (non-hydrogen) atoms. The number of amides is 1. The van der Waals surface area contributed by atoms with E-state index in [-0.39, 0.29) is 30.7 Å². The monoisotopic (exact) mass is 304 g/mol. The van der Waals surface area contributed by atoms with Gasteiger partial charge in [0.2, 0.25) is 5.91 Å². The highest BCUT2D eigenvalue weighted by molar-refractivity contribution is 5.79. The molecule has 3 aliphatic rings. The van der Waals surface area contributed by atoms with Crippen LogP contribution in [0, 0.1) is 23.7 Å². The SMILES string of the molecule is CC1C2CNCC2CN1C(=O)C1CCC(C(F)(F)F)CC1. The lowest BCUT2D eigenvalue weighted by molar-refractivity contribution is -0.185. The van der Waals surface area contributed by atoms with Gasteiger partial charge in [-0.2, -0.15) is 13.2 Å². The molecule has 3 fully saturated rings. The van der Waals surface area contributed by atoms with Crippen molar-refractivity contribution in [2.75, 3.05) is 19.6 Å². The lowest BCUT2D eigenvalue weighted by Crippen LogP contribution is -2.43. The average Bonchev–Trinajstić information content (AvgIpc) is 3.01. The van der Waals surface area contributed by atoms with Gasteiger partial charge in [0.15, 0.2) is 0 Å². The maximum atomic E-state index is 12.7. The number of carbonyl (C=O) groups is 1. The van der Waals surface area contributed by atoms with Crippen LogP contribution in [-0.2, 0) is 4.79 Å². The molecule has 2 heterocycles. The molecule has 6 heteroatoms. The highest BCUT2D eigenvalue weighted by atomic mass is 19.4. The van der Waals surface area contributed by atoms with E-state index in [0.29, 0.717) is 24.7 Å². The van der Waals surface area contributed by atoms with Crippen molar-refractivity contribution in [3.63, 3.8) is 0 Å². The molecule has 2 aliphatic heterocycles. The van der Waals surface area contributed by atoms with Crippen molar-refractivity contribution < 1.29 is 18.0 Å². The quantitative estimate of drug-likeness (QED) is 0.807. The Labute approximate surface area is 123 Å². The Bertz CT molecular complexity index is 404. The summed E-state index contributed by atoms with van der Waals surface area (Å²) in [6.45, 7) is 4.77. The summed E-state index contributed by atoms with van der Waals surface area (Å²) in [6, 6.07) is 0.220. The van der Waals surface area contributed by atoms with Gasteiger partial charge in [0.25, 0.3) is 0 Å². The molecule has 0 radical (unpaired) electrons. The van der Waals surface area contributed by atoms with Crippen molar-refractivity contribution in [3.8, 4) is 0 Å². The van der Waals surface area contributed by atoms with E-state index in [1.807, 2.05) is 4.90 Å². The molecule has 2 saturated heterocycles. The molecule has 3 nitrogen and oxygen atoms in total. The largest absolute Gasteiger partial charge is 0.391 e. The van der Waals surface area contributed by atoms with E-state index in [1.165, 1.54) is 0 Å². The van der Waals surface area contributed by atoms with Gasteiger partial charge >= 0.3 is 6.18 Å². The van der Waals surface area contributed by atoms with E-state index in [1.54, 1.807) is 0 Å². The van der Waals surface area contributed by atoms with Crippen molar-refractivity contribution in [2.24, 2.45) is 23.7 Å². The molecule has 120 valence electrons. The number of halogens is 3. The fourth-order valence-electron chi connectivity index (χ4n) is 4.36. The molecule has 1 aliphatic carbocycles. The fourth-order valence-corrected chi connectivity index (χ4v) is 4.36. The summed E-state index contributed by atoms with van der Waals surface area (Å²) in [5.74, 6) is -0.271. The summed E-state index contributed by atoms with van der Waals surface area (Å²) in [5, 5.41) is 3.35. The Hall–Kier alpha value is -0.780. The number of nitrogens with zero attached hydrogens (tertiary/aromatic N) is 1. The van der Waals surface area contributed by atoms with Crippen LogP contribution in [0.2, 0.25) is 0 Å². The Morgan fingerprint density at radius 3 is 2.38 bits per heavy atom. The topological polar surface area (TPSA) is 32.3 Å². The summed E-state index contributed by atoms with van der Waals surface area (Å²) < 4.78 is 38.1. The molecule has 0 aromatic carbocycles. The molecular formula is C15H23F3N2O. The van der Waals surface area contributed by atoms with Gasteiger partial charge < -0.3 is 10.2 Å².